The second-order valence-electron chi connectivity index (χ2n) is 11.1. The smallest absolute Gasteiger partial charge is 0.150 e. The van der Waals surface area contributed by atoms with Crippen LogP contribution < -0.4 is 0 Å². The zero-order chi connectivity index (χ0) is 25.5. The monoisotopic (exact) mass is 568 g/mol. The van der Waals surface area contributed by atoms with Crippen molar-refractivity contribution in [1.29, 1.82) is 0 Å². The molecule has 0 aromatic carbocycles. The zero-order valence-corrected chi connectivity index (χ0v) is 27.1. The Balaban J connectivity index is 3.01. The first-order valence-electron chi connectivity index (χ1n) is 16.1. The van der Waals surface area contributed by atoms with Crippen molar-refractivity contribution < 1.29 is 0 Å². The molecule has 0 unspecified atom stereocenters. The molecule has 0 atom stereocenters. The SMILES string of the molecule is ClCCCCCCCCCCCCCCCCCCCCCCCCCCCCCCC[SiH](Cl)Cl. The molecule has 0 N–H and O–H groups in total. The predicted molar refractivity (Wildman–Crippen MR) is 168 cm³/mol. The molecule has 0 fully saturated rings. The van der Waals surface area contributed by atoms with Crippen LogP contribution in [0.25, 0.3) is 0 Å². The lowest BCUT2D eigenvalue weighted by Gasteiger charge is -2.04. The summed E-state index contributed by atoms with van der Waals surface area (Å²) in [7, 11) is -1.34. The zero-order valence-electron chi connectivity index (χ0n) is 23.6. The summed E-state index contributed by atoms with van der Waals surface area (Å²) in [5, 5.41) is 0. The molecule has 4 heteroatoms. The summed E-state index contributed by atoms with van der Waals surface area (Å²) in [5.74, 6) is 0.843. The molecule has 212 valence electrons. The third-order valence-corrected chi connectivity index (χ3v) is 9.98. The minimum atomic E-state index is -1.34. The molecule has 35 heavy (non-hydrogen) atoms. The van der Waals surface area contributed by atoms with Gasteiger partial charge < -0.3 is 0 Å². The molecule has 0 aromatic heterocycles. The van der Waals surface area contributed by atoms with Crippen molar-refractivity contribution >= 4 is 41.2 Å². The van der Waals surface area contributed by atoms with E-state index in [1.165, 1.54) is 186 Å². The molecular weight excluding hydrogens is 507 g/mol. The van der Waals surface area contributed by atoms with Crippen LogP contribution in [0.5, 0.6) is 0 Å². The number of halogens is 3. The summed E-state index contributed by atoms with van der Waals surface area (Å²) in [6, 6.07) is 1.10. The maximum Gasteiger partial charge on any atom is 0.237 e. The molecule has 0 heterocycles. The highest BCUT2D eigenvalue weighted by Crippen LogP contribution is 2.17. The van der Waals surface area contributed by atoms with Gasteiger partial charge >= 0.3 is 0 Å². The van der Waals surface area contributed by atoms with Crippen LogP contribution in [0.2, 0.25) is 6.04 Å². The van der Waals surface area contributed by atoms with Crippen molar-refractivity contribution in [2.75, 3.05) is 5.88 Å². The normalized spacial score (nSPS) is 11.7. The molecule has 0 nitrogen and oxygen atoms in total. The van der Waals surface area contributed by atoms with Crippen LogP contribution in [-0.4, -0.2) is 13.3 Å². The Morgan fingerprint density at radius 2 is 0.429 bits per heavy atom. The van der Waals surface area contributed by atoms with E-state index >= 15 is 0 Å². The van der Waals surface area contributed by atoms with E-state index in [4.69, 9.17) is 33.8 Å². The highest BCUT2D eigenvalue weighted by molar-refractivity contribution is 7.33. The van der Waals surface area contributed by atoms with E-state index in [0.717, 1.165) is 11.9 Å². The average molecular weight is 570 g/mol. The molecule has 0 saturated heterocycles. The first kappa shape index (κ1) is 36.1. The van der Waals surface area contributed by atoms with Crippen LogP contribution >= 0.6 is 33.8 Å². The third kappa shape index (κ3) is 35.1. The minimum absolute atomic E-state index is 0.843. The molecule has 0 rings (SSSR count). The Labute approximate surface area is 238 Å². The van der Waals surface area contributed by atoms with E-state index in [0.29, 0.717) is 0 Å². The molecule has 0 spiro atoms. The largest absolute Gasteiger partial charge is 0.237 e. The van der Waals surface area contributed by atoms with E-state index in [1.807, 2.05) is 0 Å². The van der Waals surface area contributed by atoms with Crippen molar-refractivity contribution in [2.45, 2.75) is 192 Å². The second kappa shape index (κ2) is 33.1. The molecule has 0 radical (unpaired) electrons. The molecule has 0 amide bonds. The highest BCUT2D eigenvalue weighted by Gasteiger charge is 2.01. The highest BCUT2D eigenvalue weighted by atomic mass is 35.7. The Bertz CT molecular complexity index is 365. The van der Waals surface area contributed by atoms with Gasteiger partial charge in [-0.05, 0) is 12.5 Å². The van der Waals surface area contributed by atoms with Gasteiger partial charge in [-0.25, -0.2) is 0 Å². The maximum atomic E-state index is 5.90. The van der Waals surface area contributed by atoms with Crippen molar-refractivity contribution in [1.82, 2.24) is 0 Å². The van der Waals surface area contributed by atoms with Crippen LogP contribution in [0.4, 0.5) is 0 Å². The van der Waals surface area contributed by atoms with Crippen LogP contribution in [-0.2, 0) is 0 Å². The lowest BCUT2D eigenvalue weighted by atomic mass is 10.0. The lowest BCUT2D eigenvalue weighted by molar-refractivity contribution is 0.514. The first-order chi connectivity index (χ1) is 17.3. The fourth-order valence-corrected chi connectivity index (χ4v) is 6.88. The van der Waals surface area contributed by atoms with Crippen LogP contribution in [0.3, 0.4) is 0 Å². The Morgan fingerprint density at radius 3 is 0.600 bits per heavy atom. The van der Waals surface area contributed by atoms with Gasteiger partial charge in [0.2, 0.25) is 7.42 Å². The molecule has 0 aromatic rings. The molecule has 0 bridgehead atoms. The summed E-state index contributed by atoms with van der Waals surface area (Å²) >= 11 is 17.5. The minimum Gasteiger partial charge on any atom is -0.150 e. The Morgan fingerprint density at radius 1 is 0.257 bits per heavy atom. The van der Waals surface area contributed by atoms with Crippen LogP contribution in [0.1, 0.15) is 186 Å². The Hall–Kier alpha value is 1.09. The summed E-state index contributed by atoms with van der Waals surface area (Å²) < 4.78 is 0. The van der Waals surface area contributed by atoms with Crippen molar-refractivity contribution in [2.24, 2.45) is 0 Å². The van der Waals surface area contributed by atoms with Gasteiger partial charge in [0.05, 0.1) is 0 Å². The van der Waals surface area contributed by atoms with E-state index in [2.05, 4.69) is 0 Å². The molecule has 0 saturated carbocycles. The van der Waals surface area contributed by atoms with Gasteiger partial charge in [-0.2, -0.15) is 22.2 Å². The fraction of sp³-hybridized carbons (Fsp3) is 1.00. The number of hydrogen-bond acceptors (Lipinski definition) is 0. The fourth-order valence-electron chi connectivity index (χ4n) is 5.17. The van der Waals surface area contributed by atoms with Gasteiger partial charge in [-0.15, -0.1) is 11.6 Å². The van der Waals surface area contributed by atoms with Gasteiger partial charge in [0.1, 0.15) is 0 Å². The van der Waals surface area contributed by atoms with E-state index in [1.54, 1.807) is 0 Å². The van der Waals surface area contributed by atoms with E-state index in [9.17, 15) is 0 Å². The van der Waals surface area contributed by atoms with Gasteiger partial charge in [0, 0.05) is 5.88 Å². The standard InChI is InChI=1S/C31H63Cl3Si/c32-30-28-26-24-22-20-18-16-14-12-10-8-6-4-2-1-3-5-7-9-11-13-15-17-19-21-23-25-27-29-31-35(33)34/h35H,1-31H2. The number of unbranched alkanes of at least 4 members (excludes halogenated alkanes) is 28. The molecular formula is C31H63Cl3Si. The molecule has 0 aliphatic carbocycles. The topological polar surface area (TPSA) is 0 Å². The van der Waals surface area contributed by atoms with Crippen LogP contribution in [0.15, 0.2) is 0 Å². The summed E-state index contributed by atoms with van der Waals surface area (Å²) in [5.41, 5.74) is 0. The van der Waals surface area contributed by atoms with Crippen molar-refractivity contribution in [3.05, 3.63) is 0 Å². The third-order valence-electron chi connectivity index (χ3n) is 7.56. The van der Waals surface area contributed by atoms with Gasteiger partial charge in [0.25, 0.3) is 0 Å². The second-order valence-corrected chi connectivity index (χ2v) is 16.7. The summed E-state index contributed by atoms with van der Waals surface area (Å²) in [6.07, 6.45) is 41.5. The van der Waals surface area contributed by atoms with E-state index < -0.39 is 7.42 Å². The number of alkyl halides is 1. The lowest BCUT2D eigenvalue weighted by Crippen LogP contribution is -1.91. The van der Waals surface area contributed by atoms with Crippen molar-refractivity contribution in [3.63, 3.8) is 0 Å². The average Bonchev–Trinajstić information content (AvgIpc) is 2.85. The Kier molecular flexibility index (Phi) is 34.1. The first-order valence-corrected chi connectivity index (χ1v) is 21.0. The quantitative estimate of drug-likeness (QED) is 0.0337. The van der Waals surface area contributed by atoms with Crippen molar-refractivity contribution in [3.8, 4) is 0 Å². The van der Waals surface area contributed by atoms with Crippen LogP contribution in [0, 0.1) is 0 Å². The molecule has 0 aliphatic heterocycles. The number of hydrogen-bond donors (Lipinski definition) is 0. The molecule has 0 aliphatic rings. The maximum absolute atomic E-state index is 5.90. The van der Waals surface area contributed by atoms with E-state index in [-0.39, 0.29) is 0 Å². The predicted octanol–water partition coefficient (Wildman–Crippen LogP) is 13.2. The summed E-state index contributed by atoms with van der Waals surface area (Å²) in [4.78, 5) is 0. The van der Waals surface area contributed by atoms with Gasteiger partial charge in [-0.3, -0.25) is 0 Å². The summed E-state index contributed by atoms with van der Waals surface area (Å²) in [6.45, 7) is 0. The number of rotatable bonds is 31. The van der Waals surface area contributed by atoms with Gasteiger partial charge in [0.15, 0.2) is 0 Å². The van der Waals surface area contributed by atoms with Gasteiger partial charge in [-0.1, -0.05) is 180 Å².